The summed E-state index contributed by atoms with van der Waals surface area (Å²) >= 11 is 1.49. The lowest BCUT2D eigenvalue weighted by Crippen LogP contribution is -2.57. The molecule has 228 valence electrons. The summed E-state index contributed by atoms with van der Waals surface area (Å²) in [5.41, 5.74) is 18.8. The number of nitrogens with two attached hydrogens (primary N) is 3. The average Bonchev–Trinajstić information content (AvgIpc) is 3.36. The van der Waals surface area contributed by atoms with Gasteiger partial charge in [-0.05, 0) is 75.3 Å². The standard InChI is InChI=1S/C28H45N7O5S/c1-41-15-12-23(27(38)35-24(28(39)40)16-18-17-32-21-10-3-2-8-19(18)21)34-26(37)22(11-5-7-14-30)33-25(36)20(31)9-4-6-13-29/h2-3,8,10,17,20,22-24,32H,4-7,9,11-16,29-31H2,1H3,(H,33,36)(H,34,37)(H,35,38)(H,39,40). The summed E-state index contributed by atoms with van der Waals surface area (Å²) in [6.07, 6.45) is 7.38. The topological polar surface area (TPSA) is 218 Å². The van der Waals surface area contributed by atoms with Gasteiger partial charge in [0.05, 0.1) is 6.04 Å². The third kappa shape index (κ3) is 11.3. The van der Waals surface area contributed by atoms with Crippen LogP contribution in [0.3, 0.4) is 0 Å². The minimum absolute atomic E-state index is 0.0636. The first kappa shape index (κ1) is 34.1. The Morgan fingerprint density at radius 2 is 1.44 bits per heavy atom. The maximum atomic E-state index is 13.3. The number of nitrogens with one attached hydrogen (secondary N) is 4. The fourth-order valence-corrected chi connectivity index (χ4v) is 4.92. The van der Waals surface area contributed by atoms with Gasteiger partial charge in [-0.2, -0.15) is 11.8 Å². The predicted molar refractivity (Wildman–Crippen MR) is 162 cm³/mol. The molecule has 3 amide bonds. The predicted octanol–water partition coefficient (Wildman–Crippen LogP) is 0.588. The number of carboxylic acids is 1. The number of unbranched alkanes of at least 4 members (excludes halogenated alkanes) is 2. The summed E-state index contributed by atoms with van der Waals surface area (Å²) in [4.78, 5) is 54.6. The van der Waals surface area contributed by atoms with Crippen LogP contribution in [-0.4, -0.2) is 83.0 Å². The molecule has 12 nitrogen and oxygen atoms in total. The SMILES string of the molecule is CSCCC(NC(=O)C(CCCCN)NC(=O)C(N)CCCCN)C(=O)NC(Cc1c[nH]c2ccccc12)C(=O)O. The summed E-state index contributed by atoms with van der Waals surface area (Å²) in [7, 11) is 0. The van der Waals surface area contributed by atoms with Crippen LogP contribution in [0.25, 0.3) is 10.9 Å². The zero-order valence-electron chi connectivity index (χ0n) is 23.7. The van der Waals surface area contributed by atoms with Crippen molar-refractivity contribution in [2.75, 3.05) is 25.1 Å². The molecule has 1 aromatic heterocycles. The molecule has 13 heteroatoms. The largest absolute Gasteiger partial charge is 0.480 e. The second kappa shape index (κ2) is 18.3. The molecule has 0 aliphatic heterocycles. The van der Waals surface area contributed by atoms with E-state index in [1.807, 2.05) is 30.5 Å². The number of para-hydroxylation sites is 1. The Morgan fingerprint density at radius 1 is 0.854 bits per heavy atom. The average molecular weight is 592 g/mol. The maximum Gasteiger partial charge on any atom is 0.326 e. The first-order valence-electron chi connectivity index (χ1n) is 14.0. The Morgan fingerprint density at radius 3 is 2.07 bits per heavy atom. The summed E-state index contributed by atoms with van der Waals surface area (Å²) < 4.78 is 0. The molecule has 0 aliphatic rings. The van der Waals surface area contributed by atoms with Crippen LogP contribution >= 0.6 is 11.8 Å². The second-order valence-electron chi connectivity index (χ2n) is 10.0. The number of amides is 3. The molecule has 11 N–H and O–H groups in total. The lowest BCUT2D eigenvalue weighted by Gasteiger charge is -2.25. The highest BCUT2D eigenvalue weighted by Crippen LogP contribution is 2.19. The van der Waals surface area contributed by atoms with E-state index in [1.165, 1.54) is 11.8 Å². The van der Waals surface area contributed by atoms with Crippen LogP contribution in [0.2, 0.25) is 0 Å². The van der Waals surface area contributed by atoms with Crippen molar-refractivity contribution in [3.8, 4) is 0 Å². The zero-order valence-corrected chi connectivity index (χ0v) is 24.5. The van der Waals surface area contributed by atoms with Gasteiger partial charge in [0.1, 0.15) is 18.1 Å². The molecule has 1 aromatic carbocycles. The Bertz CT molecular complexity index is 1130. The van der Waals surface area contributed by atoms with E-state index in [-0.39, 0.29) is 12.8 Å². The fraction of sp³-hybridized carbons (Fsp3) is 0.571. The van der Waals surface area contributed by atoms with Gasteiger partial charge < -0.3 is 43.2 Å². The van der Waals surface area contributed by atoms with Crippen LogP contribution in [0.1, 0.15) is 50.5 Å². The summed E-state index contributed by atoms with van der Waals surface area (Å²) in [6, 6.07) is 3.60. The van der Waals surface area contributed by atoms with Crippen molar-refractivity contribution < 1.29 is 24.3 Å². The molecule has 4 unspecified atom stereocenters. The second-order valence-corrected chi connectivity index (χ2v) is 11.0. The van der Waals surface area contributed by atoms with E-state index in [2.05, 4.69) is 20.9 Å². The molecule has 2 rings (SSSR count). The highest BCUT2D eigenvalue weighted by atomic mass is 32.2. The summed E-state index contributed by atoms with van der Waals surface area (Å²) in [5, 5.41) is 18.8. The molecular weight excluding hydrogens is 546 g/mol. The number of carbonyl (C=O) groups excluding carboxylic acids is 3. The molecule has 1 heterocycles. The van der Waals surface area contributed by atoms with Crippen molar-refractivity contribution in [1.29, 1.82) is 0 Å². The van der Waals surface area contributed by atoms with Gasteiger partial charge in [-0.15, -0.1) is 0 Å². The van der Waals surface area contributed by atoms with Gasteiger partial charge in [-0.3, -0.25) is 14.4 Å². The summed E-state index contributed by atoms with van der Waals surface area (Å²) in [6.45, 7) is 0.940. The number of carboxylic acid groups (broad SMARTS) is 1. The smallest absolute Gasteiger partial charge is 0.326 e. The molecule has 0 bridgehead atoms. The number of aliphatic carboxylic acids is 1. The van der Waals surface area contributed by atoms with Gasteiger partial charge in [0.2, 0.25) is 17.7 Å². The highest BCUT2D eigenvalue weighted by molar-refractivity contribution is 7.98. The number of H-pyrrole nitrogens is 1. The van der Waals surface area contributed by atoms with Crippen molar-refractivity contribution in [1.82, 2.24) is 20.9 Å². The van der Waals surface area contributed by atoms with Crippen LogP contribution in [0.5, 0.6) is 0 Å². The summed E-state index contributed by atoms with van der Waals surface area (Å²) in [5.74, 6) is -2.23. The molecule has 0 spiro atoms. The van der Waals surface area contributed by atoms with Gasteiger partial charge in [-0.1, -0.05) is 24.6 Å². The molecular formula is C28H45N7O5S. The normalized spacial score (nSPS) is 14.1. The molecule has 0 fully saturated rings. The van der Waals surface area contributed by atoms with E-state index < -0.39 is 47.9 Å². The van der Waals surface area contributed by atoms with E-state index in [0.29, 0.717) is 50.9 Å². The van der Waals surface area contributed by atoms with Gasteiger partial charge >= 0.3 is 5.97 Å². The molecule has 4 atom stereocenters. The first-order valence-corrected chi connectivity index (χ1v) is 15.4. The third-order valence-electron chi connectivity index (χ3n) is 6.84. The lowest BCUT2D eigenvalue weighted by atomic mass is 10.0. The van der Waals surface area contributed by atoms with Crippen LogP contribution in [0.15, 0.2) is 30.5 Å². The molecule has 0 radical (unpaired) electrons. The first-order chi connectivity index (χ1) is 19.7. The number of aromatic amines is 1. The Hall–Kier alpha value is -3.13. The van der Waals surface area contributed by atoms with E-state index in [9.17, 15) is 24.3 Å². The highest BCUT2D eigenvalue weighted by Gasteiger charge is 2.30. The number of fused-ring (bicyclic) bond motifs is 1. The molecule has 0 saturated heterocycles. The Balaban J connectivity index is 2.13. The van der Waals surface area contributed by atoms with Gasteiger partial charge in [0.15, 0.2) is 0 Å². The van der Waals surface area contributed by atoms with E-state index in [0.717, 1.165) is 22.9 Å². The Kier molecular flexibility index (Phi) is 15.2. The maximum absolute atomic E-state index is 13.3. The number of hydrogen-bond donors (Lipinski definition) is 8. The quantitative estimate of drug-likeness (QED) is 0.101. The van der Waals surface area contributed by atoms with Crippen molar-refractivity contribution >= 4 is 46.4 Å². The number of benzene rings is 1. The van der Waals surface area contributed by atoms with Gasteiger partial charge in [0.25, 0.3) is 0 Å². The molecule has 0 saturated carbocycles. The van der Waals surface area contributed by atoms with Crippen molar-refractivity contribution in [3.05, 3.63) is 36.0 Å². The molecule has 2 aromatic rings. The van der Waals surface area contributed by atoms with Gasteiger partial charge in [-0.25, -0.2) is 4.79 Å². The van der Waals surface area contributed by atoms with Crippen LogP contribution < -0.4 is 33.2 Å². The van der Waals surface area contributed by atoms with Crippen LogP contribution in [-0.2, 0) is 25.6 Å². The molecule has 41 heavy (non-hydrogen) atoms. The van der Waals surface area contributed by atoms with Gasteiger partial charge in [0, 0.05) is 23.5 Å². The minimum Gasteiger partial charge on any atom is -0.480 e. The van der Waals surface area contributed by atoms with E-state index in [1.54, 1.807) is 6.20 Å². The van der Waals surface area contributed by atoms with E-state index in [4.69, 9.17) is 17.2 Å². The van der Waals surface area contributed by atoms with Crippen LogP contribution in [0.4, 0.5) is 0 Å². The van der Waals surface area contributed by atoms with Crippen LogP contribution in [0, 0.1) is 0 Å². The Labute approximate surface area is 245 Å². The number of aromatic nitrogens is 1. The fourth-order valence-electron chi connectivity index (χ4n) is 4.45. The number of carbonyl (C=O) groups is 4. The minimum atomic E-state index is -1.21. The monoisotopic (exact) mass is 591 g/mol. The number of thioether (sulfide) groups is 1. The van der Waals surface area contributed by atoms with Crippen molar-refractivity contribution in [3.63, 3.8) is 0 Å². The lowest BCUT2D eigenvalue weighted by molar-refractivity contribution is -0.142. The van der Waals surface area contributed by atoms with E-state index >= 15 is 0 Å². The van der Waals surface area contributed by atoms with Crippen molar-refractivity contribution in [2.24, 2.45) is 17.2 Å². The number of hydrogen-bond acceptors (Lipinski definition) is 8. The van der Waals surface area contributed by atoms with Crippen molar-refractivity contribution in [2.45, 2.75) is 75.5 Å². The number of rotatable bonds is 20. The molecule has 0 aliphatic carbocycles. The zero-order chi connectivity index (χ0) is 30.2. The third-order valence-corrected chi connectivity index (χ3v) is 7.49.